The van der Waals surface area contributed by atoms with Gasteiger partial charge in [-0.2, -0.15) is 0 Å². The third-order valence-corrected chi connectivity index (χ3v) is 5.49. The summed E-state index contributed by atoms with van der Waals surface area (Å²) in [6, 6.07) is 12.7. The lowest BCUT2D eigenvalue weighted by molar-refractivity contribution is 0.1000. The third-order valence-electron chi connectivity index (χ3n) is 3.83. The molecule has 0 aliphatic carbocycles. The number of thiophene rings is 1. The molecule has 1 atom stereocenters. The van der Waals surface area contributed by atoms with Crippen LogP contribution in [0, 0.1) is 0 Å². The Balaban J connectivity index is 1.85. The number of carbonyl (C=O) groups excluding carboxylic acids is 1. The second-order valence-electron chi connectivity index (χ2n) is 5.17. The van der Waals surface area contributed by atoms with Crippen molar-refractivity contribution in [3.63, 3.8) is 0 Å². The number of nitrogens with zero attached hydrogens (tertiary/aromatic N) is 1. The first-order valence-corrected chi connectivity index (χ1v) is 8.39. The van der Waals surface area contributed by atoms with E-state index in [-0.39, 0.29) is 5.78 Å². The molecule has 2 nitrogen and oxygen atoms in total. The standard InChI is InChI=1S/C16H16BrNOS/c1-11-6-7-12-4-2-3-5-13(12)18(11)10-14(19)15-8-9-16(17)20-15/h2-5,8-9,11H,6-7,10H2,1H3. The summed E-state index contributed by atoms with van der Waals surface area (Å²) in [4.78, 5) is 15.5. The van der Waals surface area contributed by atoms with Crippen molar-refractivity contribution in [1.29, 1.82) is 0 Å². The molecular formula is C16H16BrNOS. The molecule has 2 heterocycles. The zero-order valence-corrected chi connectivity index (χ0v) is 13.7. The number of benzene rings is 1. The van der Waals surface area contributed by atoms with Crippen LogP contribution in [0.5, 0.6) is 0 Å². The molecule has 0 fully saturated rings. The van der Waals surface area contributed by atoms with E-state index in [9.17, 15) is 4.79 Å². The Hall–Kier alpha value is -1.13. The average Bonchev–Trinajstić information content (AvgIpc) is 2.89. The summed E-state index contributed by atoms with van der Waals surface area (Å²) in [7, 11) is 0. The van der Waals surface area contributed by atoms with Gasteiger partial charge in [0, 0.05) is 11.7 Å². The number of hydrogen-bond acceptors (Lipinski definition) is 3. The van der Waals surface area contributed by atoms with Crippen LogP contribution in [0.3, 0.4) is 0 Å². The van der Waals surface area contributed by atoms with Crippen LogP contribution in [0.2, 0.25) is 0 Å². The van der Waals surface area contributed by atoms with E-state index in [0.717, 1.165) is 21.5 Å². The van der Waals surface area contributed by atoms with E-state index in [1.807, 2.05) is 12.1 Å². The molecule has 104 valence electrons. The van der Waals surface area contributed by atoms with Crippen LogP contribution in [0.4, 0.5) is 5.69 Å². The van der Waals surface area contributed by atoms with Crippen LogP contribution in [0.15, 0.2) is 40.2 Å². The van der Waals surface area contributed by atoms with Crippen LogP contribution in [0.25, 0.3) is 0 Å². The Labute approximate surface area is 131 Å². The van der Waals surface area contributed by atoms with Gasteiger partial charge in [0.1, 0.15) is 0 Å². The van der Waals surface area contributed by atoms with Gasteiger partial charge in [-0.1, -0.05) is 18.2 Å². The molecule has 2 aromatic rings. The Kier molecular flexibility index (Phi) is 3.94. The fourth-order valence-corrected chi connectivity index (χ4v) is 4.01. The average molecular weight is 350 g/mol. The highest BCUT2D eigenvalue weighted by Gasteiger charge is 2.25. The van der Waals surface area contributed by atoms with Gasteiger partial charge in [-0.3, -0.25) is 4.79 Å². The second-order valence-corrected chi connectivity index (χ2v) is 7.63. The number of para-hydroxylation sites is 1. The third kappa shape index (κ3) is 2.67. The van der Waals surface area contributed by atoms with Crippen LogP contribution < -0.4 is 4.90 Å². The van der Waals surface area contributed by atoms with E-state index in [1.165, 1.54) is 22.6 Å². The molecule has 0 amide bonds. The number of rotatable bonds is 3. The van der Waals surface area contributed by atoms with E-state index >= 15 is 0 Å². The molecule has 0 saturated heterocycles. The molecule has 0 saturated carbocycles. The zero-order chi connectivity index (χ0) is 14.1. The van der Waals surface area contributed by atoms with Gasteiger partial charge in [0.05, 0.1) is 15.2 Å². The van der Waals surface area contributed by atoms with Gasteiger partial charge >= 0.3 is 0 Å². The number of halogens is 1. The fourth-order valence-electron chi connectivity index (χ4n) is 2.70. The lowest BCUT2D eigenvalue weighted by atomic mass is 9.96. The first-order valence-electron chi connectivity index (χ1n) is 6.78. The maximum absolute atomic E-state index is 12.4. The molecule has 0 spiro atoms. The number of ketones is 1. The SMILES string of the molecule is CC1CCc2ccccc2N1CC(=O)c1ccc(Br)s1. The Morgan fingerprint density at radius 2 is 2.15 bits per heavy atom. The highest BCUT2D eigenvalue weighted by atomic mass is 79.9. The van der Waals surface area contributed by atoms with E-state index < -0.39 is 0 Å². The van der Waals surface area contributed by atoms with Crippen molar-refractivity contribution < 1.29 is 4.79 Å². The molecule has 20 heavy (non-hydrogen) atoms. The second kappa shape index (κ2) is 5.70. The first-order chi connectivity index (χ1) is 9.65. The lowest BCUT2D eigenvalue weighted by Gasteiger charge is -2.36. The Bertz CT molecular complexity index is 637. The normalized spacial score (nSPS) is 17.9. The summed E-state index contributed by atoms with van der Waals surface area (Å²) in [5, 5.41) is 0. The predicted octanol–water partition coefficient (Wildman–Crippen LogP) is 4.53. The number of anilines is 1. The van der Waals surface area contributed by atoms with Gasteiger partial charge in [-0.25, -0.2) is 0 Å². The maximum atomic E-state index is 12.4. The molecule has 4 heteroatoms. The van der Waals surface area contributed by atoms with E-state index in [4.69, 9.17) is 0 Å². The number of hydrogen-bond donors (Lipinski definition) is 0. The van der Waals surface area contributed by atoms with Gasteiger partial charge in [-0.05, 0) is 59.5 Å². The monoisotopic (exact) mass is 349 g/mol. The lowest BCUT2D eigenvalue weighted by Crippen LogP contribution is -2.40. The summed E-state index contributed by atoms with van der Waals surface area (Å²) in [5.41, 5.74) is 2.57. The van der Waals surface area contributed by atoms with Crippen molar-refractivity contribution >= 4 is 38.7 Å². The smallest absolute Gasteiger partial charge is 0.192 e. The van der Waals surface area contributed by atoms with Crippen molar-refractivity contribution in [2.75, 3.05) is 11.4 Å². The van der Waals surface area contributed by atoms with Crippen LogP contribution in [-0.2, 0) is 6.42 Å². The van der Waals surface area contributed by atoms with E-state index in [1.54, 1.807) is 0 Å². The largest absolute Gasteiger partial charge is 0.361 e. The van der Waals surface area contributed by atoms with Crippen LogP contribution in [0.1, 0.15) is 28.6 Å². The van der Waals surface area contributed by atoms with E-state index in [0.29, 0.717) is 12.6 Å². The summed E-state index contributed by atoms with van der Waals surface area (Å²) < 4.78 is 1.01. The molecule has 0 radical (unpaired) electrons. The summed E-state index contributed by atoms with van der Waals surface area (Å²) in [5.74, 6) is 0.198. The summed E-state index contributed by atoms with van der Waals surface area (Å²) in [6.07, 6.45) is 2.21. The van der Waals surface area contributed by atoms with Crippen LogP contribution >= 0.6 is 27.3 Å². The van der Waals surface area contributed by atoms with Gasteiger partial charge in [-0.15, -0.1) is 11.3 Å². The Morgan fingerprint density at radius 1 is 1.35 bits per heavy atom. The highest BCUT2D eigenvalue weighted by Crippen LogP contribution is 2.31. The highest BCUT2D eigenvalue weighted by molar-refractivity contribution is 9.11. The molecule has 1 unspecified atom stereocenters. The number of fused-ring (bicyclic) bond motifs is 1. The molecule has 0 bridgehead atoms. The molecule has 1 aliphatic rings. The summed E-state index contributed by atoms with van der Waals surface area (Å²) in [6.45, 7) is 2.67. The molecule has 1 aromatic carbocycles. The Morgan fingerprint density at radius 3 is 2.90 bits per heavy atom. The quantitative estimate of drug-likeness (QED) is 0.758. The minimum Gasteiger partial charge on any atom is -0.361 e. The van der Waals surface area contributed by atoms with Crippen LogP contribution in [-0.4, -0.2) is 18.4 Å². The summed E-state index contributed by atoms with van der Waals surface area (Å²) >= 11 is 4.92. The molecular weight excluding hydrogens is 334 g/mol. The number of Topliss-reactive ketones (excluding diaryl/α,β-unsaturated/α-hetero) is 1. The minimum atomic E-state index is 0.198. The zero-order valence-electron chi connectivity index (χ0n) is 11.3. The predicted molar refractivity (Wildman–Crippen MR) is 87.9 cm³/mol. The van der Waals surface area contributed by atoms with Crippen molar-refractivity contribution in [2.24, 2.45) is 0 Å². The van der Waals surface area contributed by atoms with Crippen molar-refractivity contribution in [2.45, 2.75) is 25.8 Å². The topological polar surface area (TPSA) is 20.3 Å². The molecule has 3 rings (SSSR count). The van der Waals surface area contributed by atoms with Crippen molar-refractivity contribution in [1.82, 2.24) is 0 Å². The van der Waals surface area contributed by atoms with E-state index in [2.05, 4.69) is 52.0 Å². The first kappa shape index (κ1) is 13.8. The van der Waals surface area contributed by atoms with Gasteiger partial charge in [0.15, 0.2) is 5.78 Å². The molecule has 1 aliphatic heterocycles. The van der Waals surface area contributed by atoms with Gasteiger partial charge in [0.2, 0.25) is 0 Å². The number of aryl methyl sites for hydroxylation is 1. The molecule has 1 aromatic heterocycles. The molecule has 0 N–H and O–H groups in total. The van der Waals surface area contributed by atoms with Crippen molar-refractivity contribution in [3.05, 3.63) is 50.6 Å². The van der Waals surface area contributed by atoms with Gasteiger partial charge < -0.3 is 4.90 Å². The minimum absolute atomic E-state index is 0.198. The maximum Gasteiger partial charge on any atom is 0.192 e. The van der Waals surface area contributed by atoms with Gasteiger partial charge in [0.25, 0.3) is 0 Å². The van der Waals surface area contributed by atoms with Crippen molar-refractivity contribution in [3.8, 4) is 0 Å². The number of carbonyl (C=O) groups is 1. The fraction of sp³-hybridized carbons (Fsp3) is 0.312.